The monoisotopic (exact) mass is 391 g/mol. The first-order valence-electron chi connectivity index (χ1n) is 8.36. The van der Waals surface area contributed by atoms with E-state index in [1.165, 1.54) is 24.3 Å². The summed E-state index contributed by atoms with van der Waals surface area (Å²) in [6.07, 6.45) is -3.29. The van der Waals surface area contributed by atoms with Crippen molar-refractivity contribution in [1.82, 2.24) is 9.88 Å². The fraction of sp³-hybridized carbons (Fsp3) is 0.211. The van der Waals surface area contributed by atoms with E-state index >= 15 is 0 Å². The van der Waals surface area contributed by atoms with Crippen LogP contribution in [0.1, 0.15) is 11.1 Å². The van der Waals surface area contributed by atoms with E-state index < -0.39 is 30.1 Å². The molecule has 0 saturated carbocycles. The minimum Gasteiger partial charge on any atom is -0.361 e. The summed E-state index contributed by atoms with van der Waals surface area (Å²) in [5.74, 6) is -0.764. The highest BCUT2D eigenvalue weighted by Crippen LogP contribution is 2.25. The summed E-state index contributed by atoms with van der Waals surface area (Å²) < 4.78 is 39.1. The molecule has 1 heterocycles. The van der Waals surface area contributed by atoms with E-state index in [-0.39, 0.29) is 17.7 Å². The third-order valence-corrected chi connectivity index (χ3v) is 4.29. The summed E-state index contributed by atoms with van der Waals surface area (Å²) >= 11 is 0. The number of hydrogen-bond donors (Lipinski definition) is 1. The average molecular weight is 391 g/mol. The smallest absolute Gasteiger partial charge is 0.361 e. The number of rotatable bonds is 6. The van der Waals surface area contributed by atoms with Gasteiger partial charge >= 0.3 is 6.18 Å². The van der Waals surface area contributed by atoms with Gasteiger partial charge in [-0.2, -0.15) is 13.2 Å². The van der Waals surface area contributed by atoms with Crippen LogP contribution in [0.25, 0.3) is 10.9 Å². The van der Waals surface area contributed by atoms with E-state index in [0.717, 1.165) is 10.9 Å². The number of para-hydroxylation sites is 2. The number of H-pyrrole nitrogens is 1. The maximum Gasteiger partial charge on any atom is 0.406 e. The fourth-order valence-electron chi connectivity index (χ4n) is 3.03. The fourth-order valence-corrected chi connectivity index (χ4v) is 3.03. The van der Waals surface area contributed by atoms with Gasteiger partial charge in [0.25, 0.3) is 5.69 Å². The molecule has 2 aromatic carbocycles. The average Bonchev–Trinajstić information content (AvgIpc) is 3.03. The third kappa shape index (κ3) is 4.48. The number of nitrogens with zero attached hydrogens (tertiary/aromatic N) is 2. The van der Waals surface area contributed by atoms with Crippen LogP contribution < -0.4 is 0 Å². The number of nitro benzene ring substituents is 1. The number of aromatic nitrogens is 1. The summed E-state index contributed by atoms with van der Waals surface area (Å²) in [5.41, 5.74) is 1.06. The SMILES string of the molecule is O=C(Cc1c[nH]c2ccccc12)N(Cc1ccccc1[N+](=O)[O-])CC(F)(F)F. The molecule has 0 saturated heterocycles. The molecule has 28 heavy (non-hydrogen) atoms. The third-order valence-electron chi connectivity index (χ3n) is 4.29. The van der Waals surface area contributed by atoms with Gasteiger partial charge in [-0.05, 0) is 11.6 Å². The van der Waals surface area contributed by atoms with Crippen LogP contribution in [-0.2, 0) is 17.8 Å². The van der Waals surface area contributed by atoms with Crippen molar-refractivity contribution in [3.8, 4) is 0 Å². The number of amides is 1. The Hall–Kier alpha value is -3.36. The van der Waals surface area contributed by atoms with E-state index in [1.807, 2.05) is 0 Å². The molecule has 0 atom stereocenters. The number of alkyl halides is 3. The molecule has 0 unspecified atom stereocenters. The number of carbonyl (C=O) groups is 1. The van der Waals surface area contributed by atoms with Gasteiger partial charge in [0.05, 0.1) is 17.9 Å². The lowest BCUT2D eigenvalue weighted by Crippen LogP contribution is -2.39. The molecular formula is C19H16F3N3O3. The zero-order valence-corrected chi connectivity index (χ0v) is 14.6. The molecule has 146 valence electrons. The van der Waals surface area contributed by atoms with Crippen LogP contribution in [0.4, 0.5) is 18.9 Å². The lowest BCUT2D eigenvalue weighted by atomic mass is 10.1. The highest BCUT2D eigenvalue weighted by Gasteiger charge is 2.34. The number of aromatic amines is 1. The number of carbonyl (C=O) groups excluding carboxylic acids is 1. The summed E-state index contributed by atoms with van der Waals surface area (Å²) in [6.45, 7) is -1.99. The molecule has 3 aromatic rings. The van der Waals surface area contributed by atoms with Gasteiger partial charge in [-0.15, -0.1) is 0 Å². The van der Waals surface area contributed by atoms with Crippen molar-refractivity contribution < 1.29 is 22.9 Å². The van der Waals surface area contributed by atoms with Crippen LogP contribution >= 0.6 is 0 Å². The van der Waals surface area contributed by atoms with Gasteiger partial charge in [0.2, 0.25) is 5.91 Å². The Bertz CT molecular complexity index is 1010. The predicted octanol–water partition coefficient (Wildman–Crippen LogP) is 4.21. The molecule has 1 amide bonds. The molecule has 1 aromatic heterocycles. The number of fused-ring (bicyclic) bond motifs is 1. The predicted molar refractivity (Wildman–Crippen MR) is 96.6 cm³/mol. The van der Waals surface area contributed by atoms with Crippen molar-refractivity contribution in [3.05, 3.63) is 76.0 Å². The number of nitrogens with one attached hydrogen (secondary N) is 1. The van der Waals surface area contributed by atoms with Crippen LogP contribution in [0.3, 0.4) is 0 Å². The van der Waals surface area contributed by atoms with Gasteiger partial charge in [-0.25, -0.2) is 0 Å². The van der Waals surface area contributed by atoms with Crippen LogP contribution in [0.5, 0.6) is 0 Å². The first-order chi connectivity index (χ1) is 13.2. The molecule has 0 aliphatic heterocycles. The van der Waals surface area contributed by atoms with Crippen molar-refractivity contribution >= 4 is 22.5 Å². The summed E-state index contributed by atoms with van der Waals surface area (Å²) in [4.78, 5) is 26.7. The van der Waals surface area contributed by atoms with Crippen molar-refractivity contribution in [2.24, 2.45) is 0 Å². The normalized spacial score (nSPS) is 11.5. The molecular weight excluding hydrogens is 375 g/mol. The second kappa shape index (κ2) is 7.71. The Labute approximate surface area is 157 Å². The van der Waals surface area contributed by atoms with Crippen molar-refractivity contribution in [2.45, 2.75) is 19.1 Å². The number of halogens is 3. The molecule has 6 nitrogen and oxygen atoms in total. The minimum atomic E-state index is -4.63. The highest BCUT2D eigenvalue weighted by atomic mass is 19.4. The number of nitro groups is 1. The van der Waals surface area contributed by atoms with Gasteiger partial charge in [0.1, 0.15) is 6.54 Å². The molecule has 0 fully saturated rings. The summed E-state index contributed by atoms with van der Waals surface area (Å²) in [6, 6.07) is 12.6. The second-order valence-corrected chi connectivity index (χ2v) is 6.29. The van der Waals surface area contributed by atoms with Crippen LogP contribution in [0.15, 0.2) is 54.7 Å². The molecule has 9 heteroatoms. The molecule has 0 radical (unpaired) electrons. The largest absolute Gasteiger partial charge is 0.406 e. The van der Waals surface area contributed by atoms with E-state index in [4.69, 9.17) is 0 Å². The van der Waals surface area contributed by atoms with E-state index in [1.54, 1.807) is 30.5 Å². The first kappa shape index (κ1) is 19.4. The lowest BCUT2D eigenvalue weighted by molar-refractivity contribution is -0.385. The molecule has 0 bridgehead atoms. The van der Waals surface area contributed by atoms with E-state index in [0.29, 0.717) is 10.5 Å². The maximum atomic E-state index is 13.0. The zero-order valence-electron chi connectivity index (χ0n) is 14.6. The van der Waals surface area contributed by atoms with E-state index in [9.17, 15) is 28.1 Å². The Morgan fingerprint density at radius 1 is 1.07 bits per heavy atom. The van der Waals surface area contributed by atoms with Gasteiger partial charge in [0.15, 0.2) is 0 Å². The second-order valence-electron chi connectivity index (χ2n) is 6.29. The minimum absolute atomic E-state index is 0.0454. The maximum absolute atomic E-state index is 13.0. The van der Waals surface area contributed by atoms with Crippen molar-refractivity contribution in [2.75, 3.05) is 6.54 Å². The zero-order chi connectivity index (χ0) is 20.3. The quantitative estimate of drug-likeness (QED) is 0.505. The Morgan fingerprint density at radius 2 is 1.75 bits per heavy atom. The lowest BCUT2D eigenvalue weighted by Gasteiger charge is -2.24. The van der Waals surface area contributed by atoms with Gasteiger partial charge in [-0.3, -0.25) is 14.9 Å². The number of hydrogen-bond acceptors (Lipinski definition) is 3. The molecule has 0 aliphatic rings. The topological polar surface area (TPSA) is 79.2 Å². The van der Waals surface area contributed by atoms with Gasteiger partial charge < -0.3 is 9.88 Å². The van der Waals surface area contributed by atoms with Gasteiger partial charge in [-0.1, -0.05) is 36.4 Å². The highest BCUT2D eigenvalue weighted by molar-refractivity contribution is 5.88. The molecule has 1 N–H and O–H groups in total. The van der Waals surface area contributed by atoms with Crippen molar-refractivity contribution in [3.63, 3.8) is 0 Å². The molecule has 3 rings (SSSR count). The molecule has 0 spiro atoms. The Balaban J connectivity index is 1.87. The van der Waals surface area contributed by atoms with Crippen LogP contribution in [0, 0.1) is 10.1 Å². The standard InChI is InChI=1S/C19H16F3N3O3/c20-19(21,22)12-24(11-13-5-1-4-8-17(13)25(27)28)18(26)9-14-10-23-16-7-3-2-6-15(14)16/h1-8,10,23H,9,11-12H2. The molecule has 0 aliphatic carbocycles. The summed E-state index contributed by atoms with van der Waals surface area (Å²) in [5, 5.41) is 11.9. The Kier molecular flexibility index (Phi) is 5.34. The van der Waals surface area contributed by atoms with Crippen LogP contribution in [0.2, 0.25) is 0 Å². The van der Waals surface area contributed by atoms with Gasteiger partial charge in [0, 0.05) is 28.7 Å². The van der Waals surface area contributed by atoms with Crippen molar-refractivity contribution in [1.29, 1.82) is 0 Å². The number of benzene rings is 2. The van der Waals surface area contributed by atoms with Crippen LogP contribution in [-0.4, -0.2) is 33.4 Å². The van der Waals surface area contributed by atoms with E-state index in [2.05, 4.69) is 4.98 Å². The first-order valence-corrected chi connectivity index (χ1v) is 8.36. The summed E-state index contributed by atoms with van der Waals surface area (Å²) in [7, 11) is 0. The Morgan fingerprint density at radius 3 is 2.46 bits per heavy atom.